The smallest absolute Gasteiger partial charge is 0.329 e. The number of piperazine rings is 1. The lowest BCUT2D eigenvalue weighted by atomic mass is 9.86. The number of likely N-dealkylation sites (N-methyl/N-ethyl adjacent to an activating group) is 1. The average Bonchev–Trinajstić information content (AvgIpc) is 3.47. The Morgan fingerprint density at radius 2 is 1.86 bits per heavy atom. The number of fused-ring (bicyclic) bond motifs is 1. The van der Waals surface area contributed by atoms with E-state index in [1.165, 1.54) is 16.7 Å². The SMILES string of the molecule is CN1CCN(Cc2ccc3c(c2)CCC[C@H]3n2cc(CC3C(=O)NC=CN3S(=O)(=O)c3cccc(C(F)(F)F)c3)nn2)CC1. The molecular weight excluding hydrogens is 595 g/mol. The van der Waals surface area contributed by atoms with Crippen molar-refractivity contribution >= 4 is 15.9 Å². The van der Waals surface area contributed by atoms with Crippen LogP contribution in [-0.2, 0) is 40.4 Å². The number of hydrogen-bond donors (Lipinski definition) is 1. The summed E-state index contributed by atoms with van der Waals surface area (Å²) in [6.07, 6.45) is 1.99. The van der Waals surface area contributed by atoms with Crippen molar-refractivity contribution in [3.8, 4) is 0 Å². The van der Waals surface area contributed by atoms with Gasteiger partial charge >= 0.3 is 6.18 Å². The number of amides is 1. The predicted octanol–water partition coefficient (Wildman–Crippen LogP) is 3.17. The maximum Gasteiger partial charge on any atom is 0.416 e. The molecule has 0 saturated carbocycles. The first-order valence-electron chi connectivity index (χ1n) is 14.6. The summed E-state index contributed by atoms with van der Waals surface area (Å²) in [5, 5.41) is 11.1. The number of halogens is 3. The Morgan fingerprint density at radius 1 is 1.07 bits per heavy atom. The van der Waals surface area contributed by atoms with Crippen molar-refractivity contribution in [2.45, 2.75) is 55.4 Å². The van der Waals surface area contributed by atoms with E-state index in [2.05, 4.69) is 50.7 Å². The minimum Gasteiger partial charge on any atom is -0.329 e. The molecule has 1 aromatic heterocycles. The van der Waals surface area contributed by atoms with Gasteiger partial charge in [0.1, 0.15) is 6.04 Å². The first kappa shape index (κ1) is 30.3. The van der Waals surface area contributed by atoms with E-state index in [1.807, 2.05) is 0 Å². The Labute approximate surface area is 254 Å². The normalized spacial score (nSPS) is 21.7. The first-order chi connectivity index (χ1) is 21.0. The van der Waals surface area contributed by atoms with Crippen LogP contribution in [0.15, 0.2) is 66.0 Å². The highest BCUT2D eigenvalue weighted by Gasteiger charge is 2.38. The number of benzene rings is 2. The number of aromatic nitrogens is 3. The number of carbonyl (C=O) groups is 1. The fourth-order valence-corrected chi connectivity index (χ4v) is 7.63. The molecule has 3 heterocycles. The molecule has 2 atom stereocenters. The van der Waals surface area contributed by atoms with Crippen molar-refractivity contribution in [1.82, 2.24) is 34.4 Å². The molecule has 0 spiro atoms. The third kappa shape index (κ3) is 6.24. The lowest BCUT2D eigenvalue weighted by molar-refractivity contribution is -0.137. The lowest BCUT2D eigenvalue weighted by Crippen LogP contribution is -2.50. The summed E-state index contributed by atoms with van der Waals surface area (Å²) in [5.41, 5.74) is 3.03. The predicted molar refractivity (Wildman–Crippen MR) is 156 cm³/mol. The van der Waals surface area contributed by atoms with Crippen LogP contribution in [0.3, 0.4) is 0 Å². The minimum absolute atomic E-state index is 0.0530. The zero-order valence-electron chi connectivity index (χ0n) is 24.2. The fraction of sp³-hybridized carbons (Fsp3) is 0.433. The lowest BCUT2D eigenvalue weighted by Gasteiger charge is -2.33. The van der Waals surface area contributed by atoms with E-state index in [-0.39, 0.29) is 12.5 Å². The Morgan fingerprint density at radius 3 is 2.64 bits per heavy atom. The molecule has 14 heteroatoms. The van der Waals surface area contributed by atoms with Gasteiger partial charge in [-0.1, -0.05) is 29.5 Å². The molecule has 10 nitrogen and oxygen atoms in total. The molecule has 0 radical (unpaired) electrons. The molecule has 1 N–H and O–H groups in total. The van der Waals surface area contributed by atoms with Gasteiger partial charge in [-0.05, 0) is 61.2 Å². The minimum atomic E-state index is -4.72. The van der Waals surface area contributed by atoms with Crippen molar-refractivity contribution in [3.63, 3.8) is 0 Å². The van der Waals surface area contributed by atoms with Gasteiger partial charge < -0.3 is 10.2 Å². The highest BCUT2D eigenvalue weighted by molar-refractivity contribution is 7.89. The zero-order valence-corrected chi connectivity index (χ0v) is 25.1. The highest BCUT2D eigenvalue weighted by Crippen LogP contribution is 2.34. The van der Waals surface area contributed by atoms with Crippen LogP contribution in [-0.4, -0.2) is 82.7 Å². The van der Waals surface area contributed by atoms with Gasteiger partial charge in [0.25, 0.3) is 10.0 Å². The second-order valence-electron chi connectivity index (χ2n) is 11.6. The Hall–Kier alpha value is -3.75. The fourth-order valence-electron chi connectivity index (χ4n) is 6.13. The van der Waals surface area contributed by atoms with E-state index in [0.717, 1.165) is 86.9 Å². The van der Waals surface area contributed by atoms with Crippen LogP contribution >= 0.6 is 0 Å². The number of carbonyl (C=O) groups excluding carboxylic acids is 1. The third-order valence-corrected chi connectivity index (χ3v) is 10.3. The summed E-state index contributed by atoms with van der Waals surface area (Å²) in [4.78, 5) is 17.1. The van der Waals surface area contributed by atoms with Crippen molar-refractivity contribution in [1.29, 1.82) is 0 Å². The number of alkyl halides is 3. The summed E-state index contributed by atoms with van der Waals surface area (Å²) in [6.45, 7) is 5.14. The molecule has 234 valence electrons. The Bertz CT molecular complexity index is 1670. The summed E-state index contributed by atoms with van der Waals surface area (Å²) < 4.78 is 69.3. The van der Waals surface area contributed by atoms with E-state index in [4.69, 9.17) is 0 Å². The van der Waals surface area contributed by atoms with Gasteiger partial charge in [-0.15, -0.1) is 5.10 Å². The molecule has 3 aliphatic rings. The molecule has 2 aromatic carbocycles. The molecule has 2 aliphatic heterocycles. The van der Waals surface area contributed by atoms with Gasteiger partial charge in [0, 0.05) is 57.7 Å². The van der Waals surface area contributed by atoms with E-state index in [1.54, 1.807) is 10.9 Å². The first-order valence-corrected chi connectivity index (χ1v) is 16.0. The average molecular weight is 630 g/mol. The molecule has 1 aliphatic carbocycles. The van der Waals surface area contributed by atoms with Crippen LogP contribution in [0.2, 0.25) is 0 Å². The van der Waals surface area contributed by atoms with Gasteiger partial charge in [0.05, 0.1) is 22.2 Å². The molecule has 0 bridgehead atoms. The molecule has 6 rings (SSSR count). The highest BCUT2D eigenvalue weighted by atomic mass is 32.2. The second-order valence-corrected chi connectivity index (χ2v) is 13.5. The topological polar surface area (TPSA) is 104 Å². The molecule has 44 heavy (non-hydrogen) atoms. The molecule has 1 fully saturated rings. The van der Waals surface area contributed by atoms with E-state index >= 15 is 0 Å². The van der Waals surface area contributed by atoms with Crippen LogP contribution in [0.1, 0.15) is 46.8 Å². The van der Waals surface area contributed by atoms with Crippen LogP contribution in [0, 0.1) is 0 Å². The van der Waals surface area contributed by atoms with Crippen molar-refractivity contribution in [2.75, 3.05) is 33.2 Å². The maximum atomic E-state index is 13.5. The number of hydrogen-bond acceptors (Lipinski definition) is 7. The van der Waals surface area contributed by atoms with Crippen LogP contribution in [0.5, 0.6) is 0 Å². The molecule has 1 unspecified atom stereocenters. The Balaban J connectivity index is 1.20. The molecular formula is C30H34F3N7O3S. The Kier molecular flexibility index (Phi) is 8.24. The summed E-state index contributed by atoms with van der Waals surface area (Å²) in [7, 11) is -2.35. The van der Waals surface area contributed by atoms with Gasteiger partial charge in [0.2, 0.25) is 5.91 Å². The summed E-state index contributed by atoms with van der Waals surface area (Å²) in [6, 6.07) is 8.77. The maximum absolute atomic E-state index is 13.5. The van der Waals surface area contributed by atoms with Gasteiger partial charge in [-0.25, -0.2) is 13.1 Å². The number of nitrogens with zero attached hydrogens (tertiary/aromatic N) is 6. The number of rotatable bonds is 7. The van der Waals surface area contributed by atoms with Gasteiger partial charge in [-0.2, -0.15) is 13.2 Å². The van der Waals surface area contributed by atoms with E-state index in [9.17, 15) is 26.4 Å². The van der Waals surface area contributed by atoms with Crippen LogP contribution < -0.4 is 5.32 Å². The summed E-state index contributed by atoms with van der Waals surface area (Å²) in [5.74, 6) is -0.617. The second kappa shape index (κ2) is 12.0. The van der Waals surface area contributed by atoms with Crippen molar-refractivity contribution < 1.29 is 26.4 Å². The largest absolute Gasteiger partial charge is 0.416 e. The monoisotopic (exact) mass is 629 g/mol. The quantitative estimate of drug-likeness (QED) is 0.429. The standard InChI is InChI=1S/C30H34F3N7O3S/c1-37-12-14-38(15-13-37)19-21-8-9-26-22(16-21)4-2-7-27(26)39-20-24(35-36-39)18-28-29(41)34-10-11-40(28)44(42,43)25-6-3-5-23(17-25)30(31,32)33/h3,5-6,8-11,16-17,20,27-28H,2,4,7,12-15,18-19H2,1H3,(H,34,41)/t27-,28?/m1/s1. The molecule has 1 saturated heterocycles. The van der Waals surface area contributed by atoms with Crippen LogP contribution in [0.25, 0.3) is 0 Å². The van der Waals surface area contributed by atoms with Gasteiger partial charge in [0.15, 0.2) is 0 Å². The van der Waals surface area contributed by atoms with Crippen molar-refractivity contribution in [2.24, 2.45) is 0 Å². The number of aryl methyl sites for hydroxylation is 1. The zero-order chi connectivity index (χ0) is 31.1. The number of nitrogens with one attached hydrogen (secondary N) is 1. The van der Waals surface area contributed by atoms with Crippen LogP contribution in [0.4, 0.5) is 13.2 Å². The third-order valence-electron chi connectivity index (χ3n) is 8.57. The molecule has 1 amide bonds. The van der Waals surface area contributed by atoms with E-state index in [0.29, 0.717) is 11.8 Å². The van der Waals surface area contributed by atoms with E-state index < -0.39 is 38.6 Å². The summed E-state index contributed by atoms with van der Waals surface area (Å²) >= 11 is 0. The number of sulfonamides is 1. The molecule has 3 aromatic rings. The van der Waals surface area contributed by atoms with Gasteiger partial charge in [-0.3, -0.25) is 14.0 Å². The van der Waals surface area contributed by atoms with Crippen molar-refractivity contribution in [3.05, 3.63) is 89.0 Å².